The van der Waals surface area contributed by atoms with Crippen molar-refractivity contribution in [2.45, 2.75) is 33.6 Å². The molecule has 0 aliphatic rings. The Morgan fingerprint density at radius 1 is 1.16 bits per heavy atom. The van der Waals surface area contributed by atoms with E-state index in [0.29, 0.717) is 23.4 Å². The number of anilines is 1. The van der Waals surface area contributed by atoms with Gasteiger partial charge >= 0.3 is 0 Å². The van der Waals surface area contributed by atoms with Crippen molar-refractivity contribution >= 4 is 33.1 Å². The number of amides is 1. The van der Waals surface area contributed by atoms with Crippen molar-refractivity contribution in [3.8, 4) is 16.6 Å². The van der Waals surface area contributed by atoms with Gasteiger partial charge in [0.2, 0.25) is 5.91 Å². The summed E-state index contributed by atoms with van der Waals surface area (Å²) in [5, 5.41) is 13.0. The number of thiazole rings is 1. The summed E-state index contributed by atoms with van der Waals surface area (Å²) in [6.07, 6.45) is 0.690. The first-order chi connectivity index (χ1) is 15.4. The van der Waals surface area contributed by atoms with E-state index in [0.717, 1.165) is 26.4 Å². The molecule has 2 aromatic carbocycles. The molecule has 0 radical (unpaired) electrons. The minimum absolute atomic E-state index is 0.103. The van der Waals surface area contributed by atoms with Gasteiger partial charge in [-0.05, 0) is 80.3 Å². The number of carbonyl (C=O) groups excluding carboxylic acids is 1. The summed E-state index contributed by atoms with van der Waals surface area (Å²) in [7, 11) is 0. The molecule has 2 heterocycles. The Labute approximate surface area is 189 Å². The van der Waals surface area contributed by atoms with E-state index in [1.165, 1.54) is 5.56 Å². The Hall–Kier alpha value is -3.76. The molecule has 0 atom stereocenters. The van der Waals surface area contributed by atoms with Gasteiger partial charge in [-0.3, -0.25) is 9.59 Å². The highest BCUT2D eigenvalue weighted by atomic mass is 32.1. The number of nitrogens with zero attached hydrogens (tertiary/aromatic N) is 2. The summed E-state index contributed by atoms with van der Waals surface area (Å²) in [6, 6.07) is 15.8. The van der Waals surface area contributed by atoms with E-state index in [1.54, 1.807) is 25.2 Å². The number of nitriles is 1. The number of benzene rings is 2. The summed E-state index contributed by atoms with van der Waals surface area (Å²) >= 11 is 1.65. The normalized spacial score (nSPS) is 10.8. The van der Waals surface area contributed by atoms with Crippen LogP contribution in [0.3, 0.4) is 0 Å². The Morgan fingerprint density at radius 2 is 1.91 bits per heavy atom. The van der Waals surface area contributed by atoms with Gasteiger partial charge in [0.05, 0.1) is 10.2 Å². The molecule has 0 spiro atoms. The van der Waals surface area contributed by atoms with Crippen molar-refractivity contribution < 1.29 is 4.79 Å². The van der Waals surface area contributed by atoms with Gasteiger partial charge in [-0.15, -0.1) is 11.3 Å². The Morgan fingerprint density at radius 3 is 2.62 bits per heavy atom. The molecule has 6 nitrogen and oxygen atoms in total. The molecule has 0 saturated heterocycles. The number of aromatic nitrogens is 2. The van der Waals surface area contributed by atoms with Gasteiger partial charge in [-0.1, -0.05) is 6.07 Å². The fourth-order valence-corrected chi connectivity index (χ4v) is 4.80. The number of hydrogen-bond donors (Lipinski definition) is 2. The molecule has 2 aromatic heterocycles. The average molecular weight is 443 g/mol. The first-order valence-corrected chi connectivity index (χ1v) is 11.1. The van der Waals surface area contributed by atoms with Crippen LogP contribution < -0.4 is 10.9 Å². The Balaban J connectivity index is 1.43. The van der Waals surface area contributed by atoms with Crippen molar-refractivity contribution in [1.29, 1.82) is 5.26 Å². The SMILES string of the molecule is Cc1ccc2nc(-c3ccc(NC(=O)CCc4c(C)[nH]c(=O)c(C#N)c4C)cc3)sc2c1. The quantitative estimate of drug-likeness (QED) is 0.453. The van der Waals surface area contributed by atoms with Crippen LogP contribution in [0.2, 0.25) is 0 Å². The fourth-order valence-electron chi connectivity index (χ4n) is 3.73. The minimum atomic E-state index is -0.390. The molecular weight excluding hydrogens is 420 g/mol. The third-order valence-corrected chi connectivity index (χ3v) is 6.55. The van der Waals surface area contributed by atoms with Crippen LogP contribution in [0.4, 0.5) is 5.69 Å². The number of aromatic amines is 1. The molecule has 2 N–H and O–H groups in total. The molecule has 4 rings (SSSR count). The molecule has 32 heavy (non-hydrogen) atoms. The second kappa shape index (κ2) is 8.77. The maximum absolute atomic E-state index is 12.5. The van der Waals surface area contributed by atoms with Crippen LogP contribution in [0, 0.1) is 32.1 Å². The van der Waals surface area contributed by atoms with E-state index in [4.69, 9.17) is 4.98 Å². The van der Waals surface area contributed by atoms with E-state index in [9.17, 15) is 14.9 Å². The molecule has 7 heteroatoms. The average Bonchev–Trinajstić information content (AvgIpc) is 3.17. The van der Waals surface area contributed by atoms with Crippen LogP contribution >= 0.6 is 11.3 Å². The minimum Gasteiger partial charge on any atom is -0.326 e. The standard InChI is InChI=1S/C25H22N4O2S/c1-14-4-10-21-22(12-14)32-25(29-21)17-5-7-18(8-6-17)28-23(30)11-9-19-15(2)20(13-26)24(31)27-16(19)3/h4-8,10,12H,9,11H2,1-3H3,(H,27,31)(H,28,30). The van der Waals surface area contributed by atoms with Gasteiger partial charge in [0.25, 0.3) is 5.56 Å². The van der Waals surface area contributed by atoms with Crippen molar-refractivity contribution in [1.82, 2.24) is 9.97 Å². The number of aryl methyl sites for hydroxylation is 2. The van der Waals surface area contributed by atoms with E-state index in [2.05, 4.69) is 29.4 Å². The van der Waals surface area contributed by atoms with Crippen molar-refractivity contribution in [3.05, 3.63) is 80.8 Å². The fraction of sp³-hybridized carbons (Fsp3) is 0.200. The van der Waals surface area contributed by atoms with Gasteiger partial charge in [0, 0.05) is 23.4 Å². The molecule has 160 valence electrons. The molecule has 0 unspecified atom stereocenters. The second-order valence-electron chi connectivity index (χ2n) is 7.79. The van der Waals surface area contributed by atoms with Gasteiger partial charge < -0.3 is 10.3 Å². The molecular formula is C25H22N4O2S. The lowest BCUT2D eigenvalue weighted by Gasteiger charge is -2.11. The summed E-state index contributed by atoms with van der Waals surface area (Å²) < 4.78 is 1.16. The van der Waals surface area contributed by atoms with Crippen LogP contribution in [-0.4, -0.2) is 15.9 Å². The highest BCUT2D eigenvalue weighted by Gasteiger charge is 2.14. The monoisotopic (exact) mass is 442 g/mol. The van der Waals surface area contributed by atoms with Crippen molar-refractivity contribution in [2.75, 3.05) is 5.32 Å². The number of hydrogen-bond acceptors (Lipinski definition) is 5. The van der Waals surface area contributed by atoms with Crippen molar-refractivity contribution in [3.63, 3.8) is 0 Å². The number of nitrogens with one attached hydrogen (secondary N) is 2. The molecule has 1 amide bonds. The first-order valence-electron chi connectivity index (χ1n) is 10.3. The molecule has 0 bridgehead atoms. The summed E-state index contributed by atoms with van der Waals surface area (Å²) in [4.78, 5) is 31.7. The third kappa shape index (κ3) is 4.32. The van der Waals surface area contributed by atoms with Gasteiger partial charge in [-0.25, -0.2) is 4.98 Å². The van der Waals surface area contributed by atoms with E-state index >= 15 is 0 Å². The Bertz CT molecular complexity index is 1430. The number of fused-ring (bicyclic) bond motifs is 1. The summed E-state index contributed by atoms with van der Waals surface area (Å²) in [6.45, 7) is 5.60. The highest BCUT2D eigenvalue weighted by molar-refractivity contribution is 7.21. The molecule has 0 saturated carbocycles. The van der Waals surface area contributed by atoms with Gasteiger partial charge in [-0.2, -0.15) is 5.26 Å². The van der Waals surface area contributed by atoms with Crippen LogP contribution in [0.1, 0.15) is 34.4 Å². The number of H-pyrrole nitrogens is 1. The predicted molar refractivity (Wildman–Crippen MR) is 128 cm³/mol. The molecule has 0 aliphatic carbocycles. The maximum atomic E-state index is 12.5. The lowest BCUT2D eigenvalue weighted by Crippen LogP contribution is -2.18. The largest absolute Gasteiger partial charge is 0.326 e. The second-order valence-corrected chi connectivity index (χ2v) is 8.82. The van der Waals surface area contributed by atoms with E-state index in [-0.39, 0.29) is 23.5 Å². The molecule has 0 aliphatic heterocycles. The number of carbonyl (C=O) groups is 1. The van der Waals surface area contributed by atoms with Crippen LogP contribution in [0.15, 0.2) is 47.3 Å². The van der Waals surface area contributed by atoms with Gasteiger partial charge in [0.15, 0.2) is 0 Å². The zero-order valence-electron chi connectivity index (χ0n) is 18.1. The third-order valence-electron chi connectivity index (χ3n) is 5.48. The van der Waals surface area contributed by atoms with Gasteiger partial charge in [0.1, 0.15) is 16.6 Å². The summed E-state index contributed by atoms with van der Waals surface area (Å²) in [5.74, 6) is -0.128. The summed E-state index contributed by atoms with van der Waals surface area (Å²) in [5.41, 5.74) is 5.78. The van der Waals surface area contributed by atoms with E-state index < -0.39 is 0 Å². The Kier molecular flexibility index (Phi) is 5.89. The van der Waals surface area contributed by atoms with Crippen LogP contribution in [-0.2, 0) is 11.2 Å². The predicted octanol–water partition coefficient (Wildman–Crippen LogP) is 5.02. The zero-order chi connectivity index (χ0) is 22.8. The lowest BCUT2D eigenvalue weighted by atomic mass is 9.99. The van der Waals surface area contributed by atoms with Crippen molar-refractivity contribution in [2.24, 2.45) is 0 Å². The van der Waals surface area contributed by atoms with Crippen LogP contribution in [0.5, 0.6) is 0 Å². The highest BCUT2D eigenvalue weighted by Crippen LogP contribution is 2.31. The first kappa shape index (κ1) is 21.5. The number of pyridine rings is 1. The smallest absolute Gasteiger partial charge is 0.266 e. The lowest BCUT2D eigenvalue weighted by molar-refractivity contribution is -0.116. The van der Waals surface area contributed by atoms with E-state index in [1.807, 2.05) is 36.4 Å². The zero-order valence-corrected chi connectivity index (χ0v) is 18.9. The molecule has 0 fully saturated rings. The number of rotatable bonds is 5. The topological polar surface area (TPSA) is 98.6 Å². The van der Waals surface area contributed by atoms with Crippen LogP contribution in [0.25, 0.3) is 20.8 Å². The molecule has 4 aromatic rings. The maximum Gasteiger partial charge on any atom is 0.266 e.